The first-order valence-electron chi connectivity index (χ1n) is 5.41. The summed E-state index contributed by atoms with van der Waals surface area (Å²) in [5.41, 5.74) is -0.198. The molecule has 0 saturated heterocycles. The van der Waals surface area contributed by atoms with Gasteiger partial charge >= 0.3 is 0 Å². The van der Waals surface area contributed by atoms with Gasteiger partial charge in [0.25, 0.3) is 0 Å². The first-order chi connectivity index (χ1) is 6.83. The molecule has 3 nitrogen and oxygen atoms in total. The van der Waals surface area contributed by atoms with Gasteiger partial charge in [0.1, 0.15) is 0 Å². The van der Waals surface area contributed by atoms with Crippen LogP contribution in [0.5, 0.6) is 0 Å². The van der Waals surface area contributed by atoms with Crippen LogP contribution in [0, 0.1) is 22.7 Å². The lowest BCUT2D eigenvalue weighted by atomic mass is 10.1. The summed E-state index contributed by atoms with van der Waals surface area (Å²) in [4.78, 5) is 0. The van der Waals surface area contributed by atoms with Crippen LogP contribution in [0.25, 0.3) is 0 Å². The Balaban J connectivity index is 2.70. The molecular weight excluding hydrogens is 210 g/mol. The van der Waals surface area contributed by atoms with Crippen molar-refractivity contribution in [3.05, 3.63) is 0 Å². The fourth-order valence-electron chi connectivity index (χ4n) is 1.69. The average Bonchev–Trinajstić information content (AvgIpc) is 2.83. The molecule has 0 aromatic heterocycles. The Morgan fingerprint density at radius 1 is 1.33 bits per heavy atom. The largest absolute Gasteiger partial charge is 0.229 e. The Hall–Kier alpha value is -0.560. The summed E-state index contributed by atoms with van der Waals surface area (Å²) < 4.78 is 24.0. The number of rotatable bonds is 5. The lowest BCUT2D eigenvalue weighted by Gasteiger charge is -2.19. The minimum Gasteiger partial charge on any atom is -0.229 e. The van der Waals surface area contributed by atoms with Crippen molar-refractivity contribution < 1.29 is 8.42 Å². The van der Waals surface area contributed by atoms with Crippen LogP contribution in [-0.4, -0.2) is 19.4 Å². The van der Waals surface area contributed by atoms with Gasteiger partial charge in [0, 0.05) is 6.42 Å². The van der Waals surface area contributed by atoms with E-state index in [4.69, 9.17) is 5.26 Å². The number of hydrogen-bond donors (Lipinski definition) is 0. The monoisotopic (exact) mass is 229 g/mol. The predicted molar refractivity (Wildman–Crippen MR) is 60.0 cm³/mol. The van der Waals surface area contributed by atoms with Crippen molar-refractivity contribution in [1.82, 2.24) is 0 Å². The van der Waals surface area contributed by atoms with Crippen molar-refractivity contribution >= 4 is 9.84 Å². The normalized spacial score (nSPS) is 21.0. The highest BCUT2D eigenvalue weighted by Gasteiger charge is 2.47. The summed E-state index contributed by atoms with van der Waals surface area (Å²) in [6, 6.07) is 2.10. The molecule has 0 aromatic carbocycles. The molecule has 0 amide bonds. The molecule has 1 atom stereocenters. The van der Waals surface area contributed by atoms with Gasteiger partial charge < -0.3 is 0 Å². The molecule has 1 unspecified atom stereocenters. The van der Waals surface area contributed by atoms with Gasteiger partial charge in [-0.1, -0.05) is 13.8 Å². The van der Waals surface area contributed by atoms with E-state index in [1.807, 2.05) is 13.8 Å². The van der Waals surface area contributed by atoms with E-state index < -0.39 is 9.84 Å². The molecule has 0 radical (unpaired) electrons. The maximum Gasteiger partial charge on any atom is 0.153 e. The highest BCUT2D eigenvalue weighted by Crippen LogP contribution is 2.50. The summed E-state index contributed by atoms with van der Waals surface area (Å²) in [5.74, 6) is 0.347. The van der Waals surface area contributed by atoms with E-state index in [2.05, 4.69) is 6.07 Å². The van der Waals surface area contributed by atoms with Crippen LogP contribution in [0.1, 0.15) is 40.0 Å². The second-order valence-electron chi connectivity index (χ2n) is 5.09. The molecule has 0 N–H and O–H groups in total. The second-order valence-corrected chi connectivity index (χ2v) is 7.45. The summed E-state index contributed by atoms with van der Waals surface area (Å²) in [6.07, 6.45) is 2.17. The van der Waals surface area contributed by atoms with Crippen LogP contribution < -0.4 is 0 Å². The Labute approximate surface area is 92.4 Å². The van der Waals surface area contributed by atoms with Crippen molar-refractivity contribution in [1.29, 1.82) is 5.26 Å². The van der Waals surface area contributed by atoms with Gasteiger partial charge in [-0.05, 0) is 31.1 Å². The standard InChI is InChI=1S/C11H19NO2S/c1-9(2)10(3)15(13,14)8-11(4-5-11)6-7-12/h9-10H,4-6,8H2,1-3H3. The SMILES string of the molecule is CC(C)C(C)S(=O)(=O)CC1(CC#N)CC1. The van der Waals surface area contributed by atoms with Gasteiger partial charge in [-0.2, -0.15) is 5.26 Å². The molecule has 0 aromatic rings. The van der Waals surface area contributed by atoms with Crippen LogP contribution in [0.4, 0.5) is 0 Å². The van der Waals surface area contributed by atoms with Gasteiger partial charge in [-0.3, -0.25) is 0 Å². The fraction of sp³-hybridized carbons (Fsp3) is 0.909. The lowest BCUT2D eigenvalue weighted by Crippen LogP contribution is -2.30. The Kier molecular flexibility index (Phi) is 3.44. The molecule has 86 valence electrons. The first-order valence-corrected chi connectivity index (χ1v) is 7.13. The first kappa shape index (κ1) is 12.5. The zero-order valence-electron chi connectivity index (χ0n) is 9.66. The van der Waals surface area contributed by atoms with Gasteiger partial charge in [-0.15, -0.1) is 0 Å². The number of nitriles is 1. The van der Waals surface area contributed by atoms with E-state index in [0.717, 1.165) is 12.8 Å². The maximum atomic E-state index is 12.0. The summed E-state index contributed by atoms with van der Waals surface area (Å²) in [7, 11) is -3.03. The summed E-state index contributed by atoms with van der Waals surface area (Å²) in [5, 5.41) is 8.34. The third kappa shape index (κ3) is 2.94. The van der Waals surface area contributed by atoms with Crippen molar-refractivity contribution in [2.75, 3.05) is 5.75 Å². The van der Waals surface area contributed by atoms with E-state index in [-0.39, 0.29) is 22.3 Å². The Bertz CT molecular complexity index is 361. The quantitative estimate of drug-likeness (QED) is 0.725. The van der Waals surface area contributed by atoms with Gasteiger partial charge in [0.15, 0.2) is 9.84 Å². The third-order valence-corrected chi connectivity index (χ3v) is 6.12. The molecule has 4 heteroatoms. The number of sulfone groups is 1. The fourth-order valence-corrected chi connectivity index (χ4v) is 4.03. The zero-order chi connectivity index (χ0) is 11.7. The lowest BCUT2D eigenvalue weighted by molar-refractivity contribution is 0.516. The predicted octanol–water partition coefficient (Wildman–Crippen LogP) is 2.14. The molecular formula is C11H19NO2S. The van der Waals surface area contributed by atoms with Crippen LogP contribution in [0.15, 0.2) is 0 Å². The van der Waals surface area contributed by atoms with E-state index >= 15 is 0 Å². The maximum absolute atomic E-state index is 12.0. The number of hydrogen-bond acceptors (Lipinski definition) is 3. The van der Waals surface area contributed by atoms with Gasteiger partial charge in [0.2, 0.25) is 0 Å². The third-order valence-electron chi connectivity index (χ3n) is 3.42. The summed E-state index contributed by atoms with van der Waals surface area (Å²) in [6.45, 7) is 5.61. The van der Waals surface area contributed by atoms with Crippen molar-refractivity contribution in [3.8, 4) is 6.07 Å². The van der Waals surface area contributed by atoms with Gasteiger partial charge in [0.05, 0.1) is 17.1 Å². The van der Waals surface area contributed by atoms with E-state index in [0.29, 0.717) is 6.42 Å². The van der Waals surface area contributed by atoms with Crippen molar-refractivity contribution in [3.63, 3.8) is 0 Å². The molecule has 0 bridgehead atoms. The van der Waals surface area contributed by atoms with Gasteiger partial charge in [-0.25, -0.2) is 8.42 Å². The van der Waals surface area contributed by atoms with E-state index in [1.54, 1.807) is 6.92 Å². The van der Waals surface area contributed by atoms with Crippen LogP contribution in [-0.2, 0) is 9.84 Å². The molecule has 0 aliphatic heterocycles. The molecule has 1 fully saturated rings. The Morgan fingerprint density at radius 3 is 2.20 bits per heavy atom. The van der Waals surface area contributed by atoms with Crippen molar-refractivity contribution in [2.24, 2.45) is 11.3 Å². The van der Waals surface area contributed by atoms with Crippen LogP contribution >= 0.6 is 0 Å². The number of nitrogens with zero attached hydrogens (tertiary/aromatic N) is 1. The van der Waals surface area contributed by atoms with E-state index in [9.17, 15) is 8.42 Å². The molecule has 1 rings (SSSR count). The molecule has 1 aliphatic rings. The molecule has 1 saturated carbocycles. The molecule has 0 heterocycles. The molecule has 15 heavy (non-hydrogen) atoms. The minimum absolute atomic E-state index is 0.146. The van der Waals surface area contributed by atoms with Crippen molar-refractivity contribution in [2.45, 2.75) is 45.3 Å². The smallest absolute Gasteiger partial charge is 0.153 e. The highest BCUT2D eigenvalue weighted by molar-refractivity contribution is 7.92. The summed E-state index contributed by atoms with van der Waals surface area (Å²) >= 11 is 0. The van der Waals surface area contributed by atoms with Crippen LogP contribution in [0.3, 0.4) is 0 Å². The highest BCUT2D eigenvalue weighted by atomic mass is 32.2. The van der Waals surface area contributed by atoms with E-state index in [1.165, 1.54) is 0 Å². The zero-order valence-corrected chi connectivity index (χ0v) is 10.5. The Morgan fingerprint density at radius 2 is 1.87 bits per heavy atom. The minimum atomic E-state index is -3.03. The van der Waals surface area contributed by atoms with Crippen LogP contribution in [0.2, 0.25) is 0 Å². The topological polar surface area (TPSA) is 57.9 Å². The molecule has 1 aliphatic carbocycles. The molecule has 0 spiro atoms. The second kappa shape index (κ2) is 4.13. The average molecular weight is 229 g/mol.